The number of nitrogens with one attached hydrogen (secondary N) is 1. The van der Waals surface area contributed by atoms with E-state index in [1.54, 1.807) is 7.11 Å². The molecule has 2 aromatic carbocycles. The molecule has 0 saturated carbocycles. The van der Waals surface area contributed by atoms with Crippen molar-refractivity contribution in [2.24, 2.45) is 0 Å². The molecule has 1 aliphatic rings. The quantitative estimate of drug-likeness (QED) is 0.617. The van der Waals surface area contributed by atoms with Gasteiger partial charge in [-0.25, -0.2) is 0 Å². The molecule has 5 nitrogen and oxygen atoms in total. The van der Waals surface area contributed by atoms with Gasteiger partial charge in [-0.15, -0.1) is 11.3 Å². The van der Waals surface area contributed by atoms with Crippen LogP contribution in [0.15, 0.2) is 71.7 Å². The standard InChI is InChI=1S/C23H20N2O3S/c1-15-5-3-6-17(13-15)24-21-20(19-7-4-12-29-19)22(26)25(23(21)27)14-16-8-10-18(28-2)11-9-16/h3-13,24H,14H2,1-2H3. The summed E-state index contributed by atoms with van der Waals surface area (Å²) in [5.74, 6) is 0.117. The average molecular weight is 404 g/mol. The number of carbonyl (C=O) groups is 2. The number of hydrogen-bond donors (Lipinski definition) is 1. The third-order valence-electron chi connectivity index (χ3n) is 4.72. The summed E-state index contributed by atoms with van der Waals surface area (Å²) >= 11 is 1.44. The van der Waals surface area contributed by atoms with Crippen LogP contribution in [0.3, 0.4) is 0 Å². The fourth-order valence-corrected chi connectivity index (χ4v) is 4.03. The Morgan fingerprint density at radius 3 is 2.45 bits per heavy atom. The fraction of sp³-hybridized carbons (Fsp3) is 0.130. The molecule has 4 rings (SSSR count). The van der Waals surface area contributed by atoms with Crippen molar-refractivity contribution in [2.45, 2.75) is 13.5 Å². The van der Waals surface area contributed by atoms with Crippen LogP contribution in [0.1, 0.15) is 16.0 Å². The van der Waals surface area contributed by atoms with E-state index in [0.717, 1.165) is 27.4 Å². The van der Waals surface area contributed by atoms with Crippen molar-refractivity contribution < 1.29 is 14.3 Å². The molecule has 1 aromatic heterocycles. The number of aryl methyl sites for hydroxylation is 1. The lowest BCUT2D eigenvalue weighted by atomic mass is 10.1. The molecule has 1 aliphatic heterocycles. The largest absolute Gasteiger partial charge is 0.497 e. The molecule has 2 heterocycles. The number of ether oxygens (including phenoxy) is 1. The van der Waals surface area contributed by atoms with Crippen molar-refractivity contribution >= 4 is 34.4 Å². The minimum absolute atomic E-state index is 0.204. The van der Waals surface area contributed by atoms with Gasteiger partial charge in [0, 0.05) is 10.6 Å². The van der Waals surface area contributed by atoms with Crippen molar-refractivity contribution in [2.75, 3.05) is 12.4 Å². The van der Waals surface area contributed by atoms with E-state index in [1.807, 2.05) is 73.0 Å². The SMILES string of the molecule is COc1ccc(CN2C(=O)C(Nc3cccc(C)c3)=C(c3cccs3)C2=O)cc1. The van der Waals surface area contributed by atoms with E-state index < -0.39 is 0 Å². The van der Waals surface area contributed by atoms with Crippen LogP contribution in [0.5, 0.6) is 5.75 Å². The van der Waals surface area contributed by atoms with Gasteiger partial charge in [-0.1, -0.05) is 30.3 Å². The first kappa shape index (κ1) is 19.0. The van der Waals surface area contributed by atoms with E-state index in [2.05, 4.69) is 5.32 Å². The smallest absolute Gasteiger partial charge is 0.278 e. The second-order valence-electron chi connectivity index (χ2n) is 6.77. The van der Waals surface area contributed by atoms with Gasteiger partial charge < -0.3 is 10.1 Å². The van der Waals surface area contributed by atoms with Gasteiger partial charge in [0.2, 0.25) is 0 Å². The second kappa shape index (κ2) is 7.93. The maximum atomic E-state index is 13.2. The first-order valence-electron chi connectivity index (χ1n) is 9.18. The van der Waals surface area contributed by atoms with Gasteiger partial charge in [0.15, 0.2) is 0 Å². The summed E-state index contributed by atoms with van der Waals surface area (Å²) in [6.07, 6.45) is 0. The number of methoxy groups -OCH3 is 1. The maximum absolute atomic E-state index is 13.2. The van der Waals surface area contributed by atoms with Crippen LogP contribution in [0.4, 0.5) is 5.69 Å². The summed E-state index contributed by atoms with van der Waals surface area (Å²) in [7, 11) is 1.60. The highest BCUT2D eigenvalue weighted by Crippen LogP contribution is 2.33. The van der Waals surface area contributed by atoms with Crippen LogP contribution in [-0.2, 0) is 16.1 Å². The van der Waals surface area contributed by atoms with Crippen LogP contribution < -0.4 is 10.1 Å². The molecule has 2 amide bonds. The molecule has 0 radical (unpaired) electrons. The highest BCUT2D eigenvalue weighted by molar-refractivity contribution is 7.11. The van der Waals surface area contributed by atoms with Crippen molar-refractivity contribution in [3.05, 3.63) is 87.7 Å². The molecular formula is C23H20N2O3S. The Bertz CT molecular complexity index is 1090. The lowest BCUT2D eigenvalue weighted by Crippen LogP contribution is -2.31. The number of benzene rings is 2. The van der Waals surface area contributed by atoms with E-state index in [0.29, 0.717) is 11.3 Å². The molecule has 0 fully saturated rings. The van der Waals surface area contributed by atoms with Gasteiger partial charge in [0.05, 0.1) is 19.2 Å². The predicted molar refractivity (Wildman–Crippen MR) is 115 cm³/mol. The Labute approximate surface area is 173 Å². The zero-order valence-corrected chi connectivity index (χ0v) is 17.0. The Hall–Kier alpha value is -3.38. The third kappa shape index (κ3) is 3.79. The summed E-state index contributed by atoms with van der Waals surface area (Å²) in [6, 6.07) is 18.8. The molecule has 0 spiro atoms. The molecule has 0 bridgehead atoms. The van der Waals surface area contributed by atoms with Gasteiger partial charge in [0.25, 0.3) is 11.8 Å². The zero-order valence-electron chi connectivity index (χ0n) is 16.1. The average Bonchev–Trinajstić information content (AvgIpc) is 3.32. The molecular weight excluding hydrogens is 384 g/mol. The first-order chi connectivity index (χ1) is 14.1. The van der Waals surface area contributed by atoms with E-state index >= 15 is 0 Å². The van der Waals surface area contributed by atoms with E-state index in [4.69, 9.17) is 4.74 Å². The summed E-state index contributed by atoms with van der Waals surface area (Å²) in [4.78, 5) is 28.5. The Kier molecular flexibility index (Phi) is 5.18. The minimum Gasteiger partial charge on any atom is -0.497 e. The highest BCUT2D eigenvalue weighted by Gasteiger charge is 2.39. The number of thiophene rings is 1. The van der Waals surface area contributed by atoms with Gasteiger partial charge in [-0.05, 0) is 53.8 Å². The Morgan fingerprint density at radius 1 is 1.00 bits per heavy atom. The summed E-state index contributed by atoms with van der Waals surface area (Å²) < 4.78 is 5.18. The summed E-state index contributed by atoms with van der Waals surface area (Å²) in [5, 5.41) is 5.09. The molecule has 0 atom stereocenters. The molecule has 6 heteroatoms. The Morgan fingerprint density at radius 2 is 1.79 bits per heavy atom. The van der Waals surface area contributed by atoms with Crippen LogP contribution in [0.25, 0.3) is 5.57 Å². The van der Waals surface area contributed by atoms with Crippen LogP contribution in [0.2, 0.25) is 0 Å². The first-order valence-corrected chi connectivity index (χ1v) is 10.1. The number of anilines is 1. The number of imide groups is 1. The number of hydrogen-bond acceptors (Lipinski definition) is 5. The van der Waals surface area contributed by atoms with E-state index in [9.17, 15) is 9.59 Å². The molecule has 0 aliphatic carbocycles. The Balaban J connectivity index is 1.67. The normalized spacial score (nSPS) is 13.9. The number of carbonyl (C=O) groups excluding carboxylic acids is 2. The van der Waals surface area contributed by atoms with E-state index in [-0.39, 0.29) is 18.4 Å². The van der Waals surface area contributed by atoms with Crippen molar-refractivity contribution in [1.29, 1.82) is 0 Å². The predicted octanol–water partition coefficient (Wildman–Crippen LogP) is 4.46. The number of rotatable bonds is 6. The van der Waals surface area contributed by atoms with Crippen LogP contribution in [0, 0.1) is 6.92 Å². The molecule has 0 unspecified atom stereocenters. The van der Waals surface area contributed by atoms with Gasteiger partial charge in [0.1, 0.15) is 11.4 Å². The number of nitrogens with zero attached hydrogens (tertiary/aromatic N) is 1. The topological polar surface area (TPSA) is 58.6 Å². The zero-order chi connectivity index (χ0) is 20.4. The van der Waals surface area contributed by atoms with Crippen LogP contribution in [-0.4, -0.2) is 23.8 Å². The van der Waals surface area contributed by atoms with Crippen molar-refractivity contribution in [1.82, 2.24) is 4.90 Å². The summed E-state index contributed by atoms with van der Waals surface area (Å²) in [5.41, 5.74) is 3.44. The van der Waals surface area contributed by atoms with Crippen LogP contribution >= 0.6 is 11.3 Å². The molecule has 146 valence electrons. The third-order valence-corrected chi connectivity index (χ3v) is 5.61. The lowest BCUT2D eigenvalue weighted by molar-refractivity contribution is -0.137. The molecule has 29 heavy (non-hydrogen) atoms. The lowest BCUT2D eigenvalue weighted by Gasteiger charge is -2.15. The number of amides is 2. The van der Waals surface area contributed by atoms with Crippen molar-refractivity contribution in [3.63, 3.8) is 0 Å². The van der Waals surface area contributed by atoms with Gasteiger partial charge in [-0.2, -0.15) is 0 Å². The fourth-order valence-electron chi connectivity index (χ4n) is 3.27. The monoisotopic (exact) mass is 404 g/mol. The van der Waals surface area contributed by atoms with Crippen molar-refractivity contribution in [3.8, 4) is 5.75 Å². The van der Waals surface area contributed by atoms with E-state index in [1.165, 1.54) is 16.2 Å². The summed E-state index contributed by atoms with van der Waals surface area (Å²) in [6.45, 7) is 2.19. The molecule has 3 aromatic rings. The van der Waals surface area contributed by atoms with Gasteiger partial charge in [-0.3, -0.25) is 14.5 Å². The second-order valence-corrected chi connectivity index (χ2v) is 7.71. The molecule has 1 N–H and O–H groups in total. The molecule has 0 saturated heterocycles. The minimum atomic E-state index is -0.323. The van der Waals surface area contributed by atoms with Gasteiger partial charge >= 0.3 is 0 Å². The maximum Gasteiger partial charge on any atom is 0.278 e. The highest BCUT2D eigenvalue weighted by atomic mass is 32.1.